The molecule has 1 aliphatic rings. The Bertz CT molecular complexity index is 485. The van der Waals surface area contributed by atoms with Gasteiger partial charge in [-0.2, -0.15) is 0 Å². The minimum atomic E-state index is -1.36. The summed E-state index contributed by atoms with van der Waals surface area (Å²) in [5, 5.41) is 10.1. The van der Waals surface area contributed by atoms with E-state index >= 15 is 0 Å². The van der Waals surface area contributed by atoms with Crippen LogP contribution in [0.25, 0.3) is 0 Å². The molecule has 0 fully saturated rings. The van der Waals surface area contributed by atoms with Gasteiger partial charge >= 0.3 is 5.97 Å². The zero-order valence-corrected chi connectivity index (χ0v) is 11.5. The molecule has 20 heavy (non-hydrogen) atoms. The molecule has 1 aromatic rings. The Hall–Kier alpha value is -1.79. The maximum Gasteiger partial charge on any atom is 0.339 e. The van der Waals surface area contributed by atoms with Crippen LogP contribution < -0.4 is 9.47 Å². The molecule has 6 nitrogen and oxygen atoms in total. The molecule has 110 valence electrons. The van der Waals surface area contributed by atoms with Crippen molar-refractivity contribution in [3.8, 4) is 11.5 Å². The van der Waals surface area contributed by atoms with Gasteiger partial charge < -0.3 is 24.1 Å². The first-order valence-electron chi connectivity index (χ1n) is 6.44. The average Bonchev–Trinajstić information content (AvgIpc) is 2.47. The second kappa shape index (κ2) is 6.58. The summed E-state index contributed by atoms with van der Waals surface area (Å²) in [5.74, 6) is 0.406. The third-order valence-electron chi connectivity index (χ3n) is 2.94. The average molecular weight is 282 g/mol. The predicted octanol–water partition coefficient (Wildman–Crippen LogP) is 1.20. The lowest BCUT2D eigenvalue weighted by Gasteiger charge is -2.24. The highest BCUT2D eigenvalue weighted by atomic mass is 16.6. The summed E-state index contributed by atoms with van der Waals surface area (Å²) in [6.07, 6.45) is -1.36. The Labute approximate surface area is 117 Å². The topological polar surface area (TPSA) is 74.2 Å². The lowest BCUT2D eigenvalue weighted by atomic mass is 10.0. The van der Waals surface area contributed by atoms with Crippen molar-refractivity contribution in [2.24, 2.45) is 0 Å². The molecule has 0 saturated heterocycles. The third kappa shape index (κ3) is 2.86. The minimum absolute atomic E-state index is 0.207. The normalized spacial score (nSPS) is 14.8. The second-order valence-corrected chi connectivity index (χ2v) is 4.25. The van der Waals surface area contributed by atoms with Gasteiger partial charge in [0.1, 0.15) is 13.2 Å². The monoisotopic (exact) mass is 282 g/mol. The summed E-state index contributed by atoms with van der Waals surface area (Å²) in [5.41, 5.74) is 1.01. The first-order valence-corrected chi connectivity index (χ1v) is 6.44. The fraction of sp³-hybridized carbons (Fsp3) is 0.500. The van der Waals surface area contributed by atoms with Gasteiger partial charge in [0.25, 0.3) is 0 Å². The molecule has 6 heteroatoms. The van der Waals surface area contributed by atoms with Crippen LogP contribution in [0, 0.1) is 0 Å². The van der Waals surface area contributed by atoms with Crippen LogP contribution in [0.2, 0.25) is 0 Å². The van der Waals surface area contributed by atoms with Gasteiger partial charge in [-0.25, -0.2) is 4.79 Å². The van der Waals surface area contributed by atoms with E-state index in [2.05, 4.69) is 0 Å². The van der Waals surface area contributed by atoms with E-state index < -0.39 is 12.1 Å². The Morgan fingerprint density at radius 2 is 2.15 bits per heavy atom. The highest BCUT2D eigenvalue weighted by Crippen LogP contribution is 2.38. The zero-order chi connectivity index (χ0) is 14.5. The maximum atomic E-state index is 11.7. The molecular formula is C14H18O6. The van der Waals surface area contributed by atoms with E-state index in [-0.39, 0.29) is 13.2 Å². The second-order valence-electron chi connectivity index (χ2n) is 4.25. The molecule has 0 bridgehead atoms. The standard InChI is InChI=1S/C14H18O6/c1-3-18-14(16)12(15)9-4-5-11-13(10(9)8-17-2)20-7-6-19-11/h4-5,12,15H,3,6-8H2,1-2H3. The molecule has 0 spiro atoms. The summed E-state index contributed by atoms with van der Waals surface area (Å²) in [7, 11) is 1.53. The number of hydrogen-bond donors (Lipinski definition) is 1. The summed E-state index contributed by atoms with van der Waals surface area (Å²) >= 11 is 0. The predicted molar refractivity (Wildman–Crippen MR) is 69.7 cm³/mol. The quantitative estimate of drug-likeness (QED) is 0.818. The Kier molecular flexibility index (Phi) is 4.81. The molecular weight excluding hydrogens is 264 g/mol. The summed E-state index contributed by atoms with van der Waals surface area (Å²) < 4.78 is 21.0. The van der Waals surface area contributed by atoms with Gasteiger partial charge in [0, 0.05) is 18.2 Å². The number of ether oxygens (including phenoxy) is 4. The van der Waals surface area contributed by atoms with Gasteiger partial charge in [0.2, 0.25) is 0 Å². The van der Waals surface area contributed by atoms with Crippen molar-refractivity contribution in [2.45, 2.75) is 19.6 Å². The Morgan fingerprint density at radius 1 is 1.40 bits per heavy atom. The van der Waals surface area contributed by atoms with Crippen molar-refractivity contribution in [2.75, 3.05) is 26.9 Å². The molecule has 0 aromatic heterocycles. The van der Waals surface area contributed by atoms with Crippen molar-refractivity contribution in [1.29, 1.82) is 0 Å². The number of hydrogen-bond acceptors (Lipinski definition) is 6. The number of benzene rings is 1. The summed E-state index contributed by atoms with van der Waals surface area (Å²) in [4.78, 5) is 11.7. The van der Waals surface area contributed by atoms with Crippen molar-refractivity contribution >= 4 is 5.97 Å². The third-order valence-corrected chi connectivity index (χ3v) is 2.94. The van der Waals surface area contributed by atoms with E-state index in [1.54, 1.807) is 19.1 Å². The molecule has 0 saturated carbocycles. The van der Waals surface area contributed by atoms with Gasteiger partial charge in [-0.15, -0.1) is 0 Å². The number of carbonyl (C=O) groups excluding carboxylic acids is 1. The molecule has 2 rings (SSSR count). The molecule has 0 aliphatic carbocycles. The lowest BCUT2D eigenvalue weighted by Crippen LogP contribution is -2.21. The zero-order valence-electron chi connectivity index (χ0n) is 11.5. The van der Waals surface area contributed by atoms with E-state index in [1.807, 2.05) is 0 Å². The fourth-order valence-corrected chi connectivity index (χ4v) is 2.09. The molecule has 1 unspecified atom stereocenters. The number of carbonyl (C=O) groups is 1. The largest absolute Gasteiger partial charge is 0.486 e. The van der Waals surface area contributed by atoms with Crippen LogP contribution in [-0.2, 0) is 20.9 Å². The number of fused-ring (bicyclic) bond motifs is 1. The van der Waals surface area contributed by atoms with Crippen LogP contribution in [0.1, 0.15) is 24.2 Å². The molecule has 0 radical (unpaired) electrons. The van der Waals surface area contributed by atoms with Gasteiger partial charge in [-0.1, -0.05) is 6.07 Å². The molecule has 1 heterocycles. The smallest absolute Gasteiger partial charge is 0.339 e. The molecule has 1 atom stereocenters. The Morgan fingerprint density at radius 3 is 2.85 bits per heavy atom. The molecule has 0 amide bonds. The van der Waals surface area contributed by atoms with Crippen LogP contribution in [0.4, 0.5) is 0 Å². The van der Waals surface area contributed by atoms with Crippen LogP contribution in [0.5, 0.6) is 11.5 Å². The van der Waals surface area contributed by atoms with Gasteiger partial charge in [0.05, 0.1) is 13.2 Å². The number of aliphatic hydroxyl groups is 1. The molecule has 1 aromatic carbocycles. The fourth-order valence-electron chi connectivity index (χ4n) is 2.09. The highest BCUT2D eigenvalue weighted by Gasteiger charge is 2.27. The lowest BCUT2D eigenvalue weighted by molar-refractivity contribution is -0.153. The summed E-state index contributed by atoms with van der Waals surface area (Å²) in [6.45, 7) is 2.99. The van der Waals surface area contributed by atoms with E-state index in [0.717, 1.165) is 0 Å². The van der Waals surface area contributed by atoms with Crippen LogP contribution in [0.3, 0.4) is 0 Å². The van der Waals surface area contributed by atoms with Crippen LogP contribution in [-0.4, -0.2) is 38.0 Å². The maximum absolute atomic E-state index is 11.7. The van der Waals surface area contributed by atoms with Crippen molar-refractivity contribution in [3.63, 3.8) is 0 Å². The first kappa shape index (κ1) is 14.6. The van der Waals surface area contributed by atoms with Crippen molar-refractivity contribution < 1.29 is 28.8 Å². The Balaban J connectivity index is 2.39. The van der Waals surface area contributed by atoms with E-state index in [4.69, 9.17) is 18.9 Å². The van der Waals surface area contributed by atoms with Gasteiger partial charge in [-0.3, -0.25) is 0 Å². The van der Waals surface area contributed by atoms with Crippen LogP contribution in [0.15, 0.2) is 12.1 Å². The van der Waals surface area contributed by atoms with Gasteiger partial charge in [-0.05, 0) is 13.0 Å². The number of methoxy groups -OCH3 is 1. The van der Waals surface area contributed by atoms with Crippen LogP contribution >= 0.6 is 0 Å². The van der Waals surface area contributed by atoms with Gasteiger partial charge in [0.15, 0.2) is 17.6 Å². The minimum Gasteiger partial charge on any atom is -0.486 e. The first-order chi connectivity index (χ1) is 9.69. The van der Waals surface area contributed by atoms with E-state index in [0.29, 0.717) is 35.8 Å². The SMILES string of the molecule is CCOC(=O)C(O)c1ccc2c(c1COC)OCCO2. The van der Waals surface area contributed by atoms with Crippen molar-refractivity contribution in [3.05, 3.63) is 23.3 Å². The number of rotatable bonds is 5. The molecule has 1 N–H and O–H groups in total. The van der Waals surface area contributed by atoms with E-state index in [1.165, 1.54) is 7.11 Å². The van der Waals surface area contributed by atoms with Crippen molar-refractivity contribution in [1.82, 2.24) is 0 Å². The molecule has 1 aliphatic heterocycles. The summed E-state index contributed by atoms with van der Waals surface area (Å²) in [6, 6.07) is 3.30. The number of aliphatic hydroxyl groups excluding tert-OH is 1. The number of esters is 1. The highest BCUT2D eigenvalue weighted by molar-refractivity contribution is 5.77. The van der Waals surface area contributed by atoms with E-state index in [9.17, 15) is 9.90 Å².